The Bertz CT molecular complexity index is 823. The Kier molecular flexibility index (Phi) is 3.49. The Labute approximate surface area is 140 Å². The fraction of sp³-hybridized carbons (Fsp3) is 0.263. The molecule has 0 amide bonds. The number of pyridine rings is 1. The van der Waals surface area contributed by atoms with Crippen molar-refractivity contribution >= 4 is 17.4 Å². The number of carboxylic acids is 1. The number of benzene rings is 1. The molecule has 1 fully saturated rings. The zero-order chi connectivity index (χ0) is 16.7. The van der Waals surface area contributed by atoms with Crippen molar-refractivity contribution in [2.24, 2.45) is 0 Å². The lowest BCUT2D eigenvalue weighted by atomic mass is 10.0. The predicted molar refractivity (Wildman–Crippen MR) is 92.2 cm³/mol. The van der Waals surface area contributed by atoms with Crippen LogP contribution in [0.25, 0.3) is 11.4 Å². The summed E-state index contributed by atoms with van der Waals surface area (Å²) in [5, 5.41) is 12.5. The highest BCUT2D eigenvalue weighted by atomic mass is 16.4. The molecule has 0 bridgehead atoms. The highest BCUT2D eigenvalue weighted by Crippen LogP contribution is 2.40. The Morgan fingerprint density at radius 2 is 2.00 bits per heavy atom. The van der Waals surface area contributed by atoms with Crippen LogP contribution in [0, 0.1) is 0 Å². The Balaban J connectivity index is 1.76. The molecule has 1 aliphatic carbocycles. The molecule has 0 atom stereocenters. The molecule has 0 saturated heterocycles. The summed E-state index contributed by atoms with van der Waals surface area (Å²) in [5.74, 6) is -0.207. The van der Waals surface area contributed by atoms with Crippen molar-refractivity contribution in [2.75, 3.05) is 13.7 Å². The van der Waals surface area contributed by atoms with E-state index in [4.69, 9.17) is 0 Å². The number of carbonyl (C=O) groups is 1. The van der Waals surface area contributed by atoms with Gasteiger partial charge in [-0.2, -0.15) is 0 Å². The lowest BCUT2D eigenvalue weighted by Gasteiger charge is -2.16. The van der Waals surface area contributed by atoms with Gasteiger partial charge in [-0.15, -0.1) is 0 Å². The molecule has 2 aliphatic rings. The third-order valence-electron chi connectivity index (χ3n) is 4.61. The van der Waals surface area contributed by atoms with Crippen molar-refractivity contribution in [3.63, 3.8) is 0 Å². The number of hydrogen-bond acceptors (Lipinski definition) is 4. The SMILES string of the molecule is CN1CNC(c2cc(C(=O)O)ccn2)=C1c1ccc(C2CC2)cc1. The van der Waals surface area contributed by atoms with Crippen LogP contribution in [0.1, 0.15) is 45.9 Å². The fourth-order valence-electron chi connectivity index (χ4n) is 3.16. The van der Waals surface area contributed by atoms with E-state index in [-0.39, 0.29) is 5.56 Å². The van der Waals surface area contributed by atoms with E-state index in [9.17, 15) is 9.90 Å². The van der Waals surface area contributed by atoms with Crippen LogP contribution in [0.3, 0.4) is 0 Å². The third-order valence-corrected chi connectivity index (χ3v) is 4.61. The van der Waals surface area contributed by atoms with Crippen LogP contribution in [0.15, 0.2) is 42.6 Å². The van der Waals surface area contributed by atoms with Crippen molar-refractivity contribution in [3.05, 3.63) is 65.0 Å². The van der Waals surface area contributed by atoms with Crippen LogP contribution in [0.2, 0.25) is 0 Å². The van der Waals surface area contributed by atoms with E-state index in [0.717, 1.165) is 22.9 Å². The van der Waals surface area contributed by atoms with E-state index in [1.54, 1.807) is 12.3 Å². The number of carboxylic acid groups (broad SMARTS) is 1. The molecule has 4 rings (SSSR count). The number of hydrogen-bond donors (Lipinski definition) is 2. The van der Waals surface area contributed by atoms with E-state index in [1.807, 2.05) is 7.05 Å². The first-order chi connectivity index (χ1) is 11.6. The van der Waals surface area contributed by atoms with Crippen LogP contribution in [-0.4, -0.2) is 34.7 Å². The van der Waals surface area contributed by atoms with Gasteiger partial charge in [-0.25, -0.2) is 4.79 Å². The van der Waals surface area contributed by atoms with Gasteiger partial charge in [-0.05, 0) is 36.5 Å². The Morgan fingerprint density at radius 3 is 2.67 bits per heavy atom. The molecule has 2 heterocycles. The maximum absolute atomic E-state index is 11.2. The minimum absolute atomic E-state index is 0.243. The van der Waals surface area contributed by atoms with Gasteiger partial charge in [0.15, 0.2) is 0 Å². The summed E-state index contributed by atoms with van der Waals surface area (Å²) in [5.41, 5.74) is 5.34. The van der Waals surface area contributed by atoms with Gasteiger partial charge in [-0.1, -0.05) is 24.3 Å². The quantitative estimate of drug-likeness (QED) is 0.906. The first-order valence-corrected chi connectivity index (χ1v) is 8.13. The maximum Gasteiger partial charge on any atom is 0.335 e. The summed E-state index contributed by atoms with van der Waals surface area (Å²) >= 11 is 0. The van der Waals surface area contributed by atoms with Crippen LogP contribution in [0.5, 0.6) is 0 Å². The van der Waals surface area contributed by atoms with Gasteiger partial charge in [0, 0.05) is 18.8 Å². The molecular weight excluding hydrogens is 302 g/mol. The molecule has 24 heavy (non-hydrogen) atoms. The molecule has 122 valence electrons. The molecule has 5 heteroatoms. The molecule has 1 saturated carbocycles. The van der Waals surface area contributed by atoms with Crippen molar-refractivity contribution in [1.29, 1.82) is 0 Å². The predicted octanol–water partition coefficient (Wildman–Crippen LogP) is 2.98. The summed E-state index contributed by atoms with van der Waals surface area (Å²) < 4.78 is 0. The third kappa shape index (κ3) is 2.62. The highest BCUT2D eigenvalue weighted by molar-refractivity contribution is 5.92. The summed E-state index contributed by atoms with van der Waals surface area (Å²) in [6, 6.07) is 11.8. The molecule has 5 nitrogen and oxygen atoms in total. The highest BCUT2D eigenvalue weighted by Gasteiger charge is 2.25. The van der Waals surface area contributed by atoms with Gasteiger partial charge < -0.3 is 15.3 Å². The molecular formula is C19H19N3O2. The molecule has 0 radical (unpaired) electrons. The Hall–Kier alpha value is -2.82. The van der Waals surface area contributed by atoms with Gasteiger partial charge in [0.25, 0.3) is 0 Å². The number of nitrogens with zero attached hydrogens (tertiary/aromatic N) is 2. The fourth-order valence-corrected chi connectivity index (χ4v) is 3.16. The summed E-state index contributed by atoms with van der Waals surface area (Å²) in [7, 11) is 2.02. The molecule has 1 aromatic heterocycles. The minimum Gasteiger partial charge on any atom is -0.478 e. The van der Waals surface area contributed by atoms with E-state index >= 15 is 0 Å². The summed E-state index contributed by atoms with van der Waals surface area (Å²) in [6.45, 7) is 0.675. The first-order valence-electron chi connectivity index (χ1n) is 8.13. The zero-order valence-electron chi connectivity index (χ0n) is 13.5. The molecule has 1 aliphatic heterocycles. The van der Waals surface area contributed by atoms with E-state index < -0.39 is 5.97 Å². The minimum atomic E-state index is -0.944. The van der Waals surface area contributed by atoms with Crippen molar-refractivity contribution in [2.45, 2.75) is 18.8 Å². The second-order valence-electron chi connectivity index (χ2n) is 6.39. The van der Waals surface area contributed by atoms with E-state index in [2.05, 4.69) is 39.5 Å². The summed E-state index contributed by atoms with van der Waals surface area (Å²) in [6.07, 6.45) is 4.13. The second kappa shape index (κ2) is 5.67. The first kappa shape index (κ1) is 14.8. The standard InChI is InChI=1S/C19H19N3O2/c1-22-11-21-17(16-10-15(19(23)24)8-9-20-16)18(22)14-6-4-13(5-7-14)12-2-3-12/h4-10,12,21H,2-3,11H2,1H3,(H,23,24). The second-order valence-corrected chi connectivity index (χ2v) is 6.39. The number of aromatic carboxylic acids is 1. The lowest BCUT2D eigenvalue weighted by Crippen LogP contribution is -2.18. The Morgan fingerprint density at radius 1 is 1.25 bits per heavy atom. The largest absolute Gasteiger partial charge is 0.478 e. The van der Waals surface area contributed by atoms with Crippen LogP contribution < -0.4 is 5.32 Å². The maximum atomic E-state index is 11.2. The molecule has 1 aromatic carbocycles. The van der Waals surface area contributed by atoms with Crippen LogP contribution in [-0.2, 0) is 0 Å². The van der Waals surface area contributed by atoms with Crippen molar-refractivity contribution in [1.82, 2.24) is 15.2 Å². The van der Waals surface area contributed by atoms with Gasteiger partial charge in [0.2, 0.25) is 0 Å². The number of aromatic nitrogens is 1. The van der Waals surface area contributed by atoms with Crippen molar-refractivity contribution in [3.8, 4) is 0 Å². The normalized spacial score (nSPS) is 17.1. The van der Waals surface area contributed by atoms with Gasteiger partial charge in [0.05, 0.1) is 29.3 Å². The summed E-state index contributed by atoms with van der Waals surface area (Å²) in [4.78, 5) is 17.7. The average molecular weight is 321 g/mol. The van der Waals surface area contributed by atoms with Crippen LogP contribution in [0.4, 0.5) is 0 Å². The number of nitrogens with one attached hydrogen (secondary N) is 1. The topological polar surface area (TPSA) is 65.5 Å². The molecule has 0 unspecified atom stereocenters. The average Bonchev–Trinajstić information content (AvgIpc) is 3.38. The zero-order valence-corrected chi connectivity index (χ0v) is 13.5. The lowest BCUT2D eigenvalue weighted by molar-refractivity contribution is 0.0696. The van der Waals surface area contributed by atoms with E-state index in [0.29, 0.717) is 12.4 Å². The van der Waals surface area contributed by atoms with E-state index in [1.165, 1.54) is 24.5 Å². The number of rotatable bonds is 4. The molecule has 0 spiro atoms. The smallest absolute Gasteiger partial charge is 0.335 e. The van der Waals surface area contributed by atoms with Crippen LogP contribution >= 0.6 is 0 Å². The van der Waals surface area contributed by atoms with Gasteiger partial charge >= 0.3 is 5.97 Å². The van der Waals surface area contributed by atoms with Crippen molar-refractivity contribution < 1.29 is 9.90 Å². The monoisotopic (exact) mass is 321 g/mol. The van der Waals surface area contributed by atoms with Gasteiger partial charge in [0.1, 0.15) is 0 Å². The van der Waals surface area contributed by atoms with Gasteiger partial charge in [-0.3, -0.25) is 4.98 Å². The molecule has 2 N–H and O–H groups in total. The molecule has 2 aromatic rings.